The predicted molar refractivity (Wildman–Crippen MR) is 71.7 cm³/mol. The fourth-order valence-corrected chi connectivity index (χ4v) is 4.69. The Balaban J connectivity index is 1.84. The van der Waals surface area contributed by atoms with E-state index in [-0.39, 0.29) is 28.6 Å². The fourth-order valence-electron chi connectivity index (χ4n) is 2.80. The van der Waals surface area contributed by atoms with Gasteiger partial charge in [-0.25, -0.2) is 18.2 Å². The maximum Gasteiger partial charge on any atom is 0.324 e. The molecule has 21 heavy (non-hydrogen) atoms. The summed E-state index contributed by atoms with van der Waals surface area (Å²) in [6, 6.07) is -1.53. The Labute approximate surface area is 117 Å². The highest BCUT2D eigenvalue weighted by Crippen LogP contribution is 2.27. The van der Waals surface area contributed by atoms with Crippen LogP contribution in [-0.4, -0.2) is 58.0 Å². The van der Waals surface area contributed by atoms with Crippen molar-refractivity contribution in [3.05, 3.63) is 16.7 Å². The molecule has 0 radical (unpaired) electrons. The number of H-pyrrole nitrogens is 2. The lowest BCUT2D eigenvalue weighted by Gasteiger charge is -2.19. The van der Waals surface area contributed by atoms with Gasteiger partial charge in [0.15, 0.2) is 21.0 Å². The van der Waals surface area contributed by atoms with Gasteiger partial charge in [-0.15, -0.1) is 0 Å². The van der Waals surface area contributed by atoms with Gasteiger partial charge in [-0.05, 0) is 0 Å². The standard InChI is InChI=1S/C10H10N6O4S/c17-8-6-7(12-3-11-6)14-9(15-8)16-5-2-21(19,20)1-4(5)13-10(16)18/h3-5H,1-2H2,(H,13,18)(H2,11,12,14,15,17)/t4-,5-/m1/s1. The van der Waals surface area contributed by atoms with E-state index in [4.69, 9.17) is 0 Å². The smallest absolute Gasteiger partial charge is 0.324 e. The van der Waals surface area contributed by atoms with E-state index in [1.54, 1.807) is 0 Å². The van der Waals surface area contributed by atoms with E-state index in [1.807, 2.05) is 0 Å². The summed E-state index contributed by atoms with van der Waals surface area (Å²) in [6.45, 7) is 0. The average Bonchev–Trinajstić information content (AvgIpc) is 3.01. The van der Waals surface area contributed by atoms with E-state index in [2.05, 4.69) is 25.3 Å². The van der Waals surface area contributed by atoms with Crippen molar-refractivity contribution in [3.63, 3.8) is 0 Å². The van der Waals surface area contributed by atoms with Crippen LogP contribution < -0.4 is 15.8 Å². The average molecular weight is 310 g/mol. The van der Waals surface area contributed by atoms with Crippen LogP contribution in [0.25, 0.3) is 11.2 Å². The summed E-state index contributed by atoms with van der Waals surface area (Å²) in [5.41, 5.74) is -0.0931. The number of imidazole rings is 1. The SMILES string of the molecule is O=C1N[C@@H]2CS(=O)(=O)C[C@H]2N1c1nc2nc[nH]c2c(=O)[nH]1. The monoisotopic (exact) mass is 310 g/mol. The van der Waals surface area contributed by atoms with Crippen molar-refractivity contribution in [2.75, 3.05) is 16.4 Å². The number of anilines is 1. The number of nitrogens with zero attached hydrogens (tertiary/aromatic N) is 3. The summed E-state index contributed by atoms with van der Waals surface area (Å²) in [5, 5.41) is 2.60. The van der Waals surface area contributed by atoms with Crippen LogP contribution in [0.2, 0.25) is 0 Å². The van der Waals surface area contributed by atoms with Gasteiger partial charge in [-0.2, -0.15) is 4.98 Å². The van der Waals surface area contributed by atoms with E-state index < -0.39 is 33.5 Å². The van der Waals surface area contributed by atoms with E-state index >= 15 is 0 Å². The fraction of sp³-hybridized carbons (Fsp3) is 0.400. The second-order valence-electron chi connectivity index (χ2n) is 5.06. The molecule has 0 saturated carbocycles. The van der Waals surface area contributed by atoms with Crippen LogP contribution >= 0.6 is 0 Å². The number of hydrogen-bond donors (Lipinski definition) is 3. The van der Waals surface area contributed by atoms with Crippen LogP contribution in [0.15, 0.2) is 11.1 Å². The van der Waals surface area contributed by atoms with Gasteiger partial charge in [0, 0.05) is 0 Å². The molecule has 2 aliphatic heterocycles. The lowest BCUT2D eigenvalue weighted by Crippen LogP contribution is -2.39. The highest BCUT2D eigenvalue weighted by atomic mass is 32.2. The van der Waals surface area contributed by atoms with Crippen LogP contribution in [0.1, 0.15) is 0 Å². The maximum absolute atomic E-state index is 12.0. The first-order valence-corrected chi connectivity index (χ1v) is 8.00. The summed E-state index contributed by atoms with van der Waals surface area (Å²) < 4.78 is 23.4. The number of fused-ring (bicyclic) bond motifs is 2. The number of rotatable bonds is 1. The first kappa shape index (κ1) is 12.3. The minimum absolute atomic E-state index is 0.00157. The van der Waals surface area contributed by atoms with Crippen molar-refractivity contribution in [2.45, 2.75) is 12.1 Å². The molecule has 2 fully saturated rings. The molecule has 0 spiro atoms. The molecule has 2 atom stereocenters. The lowest BCUT2D eigenvalue weighted by atomic mass is 10.2. The van der Waals surface area contributed by atoms with Gasteiger partial charge in [-0.1, -0.05) is 0 Å². The molecular formula is C10H10N6O4S. The van der Waals surface area contributed by atoms with Crippen molar-refractivity contribution in [1.82, 2.24) is 25.3 Å². The number of aromatic nitrogens is 4. The Morgan fingerprint density at radius 3 is 2.90 bits per heavy atom. The number of sulfone groups is 1. The molecule has 2 aromatic rings. The zero-order chi connectivity index (χ0) is 14.8. The minimum atomic E-state index is -3.21. The van der Waals surface area contributed by atoms with Crippen molar-refractivity contribution >= 4 is 33.0 Å². The Bertz CT molecular complexity index is 915. The second kappa shape index (κ2) is 3.81. The maximum atomic E-state index is 12.0. The van der Waals surface area contributed by atoms with E-state index in [9.17, 15) is 18.0 Å². The van der Waals surface area contributed by atoms with Crippen molar-refractivity contribution in [2.24, 2.45) is 0 Å². The van der Waals surface area contributed by atoms with Gasteiger partial charge in [0.25, 0.3) is 5.56 Å². The third kappa shape index (κ3) is 1.73. The van der Waals surface area contributed by atoms with Gasteiger partial charge in [0.1, 0.15) is 0 Å². The van der Waals surface area contributed by atoms with Gasteiger partial charge in [-0.3, -0.25) is 14.7 Å². The quantitative estimate of drug-likeness (QED) is 0.538. The molecule has 0 bridgehead atoms. The second-order valence-corrected chi connectivity index (χ2v) is 7.21. The molecule has 4 heterocycles. The molecule has 0 unspecified atom stereocenters. The number of amides is 2. The zero-order valence-corrected chi connectivity index (χ0v) is 11.3. The third-order valence-electron chi connectivity index (χ3n) is 3.69. The first-order chi connectivity index (χ1) is 9.94. The molecular weight excluding hydrogens is 300 g/mol. The number of aromatic amines is 2. The van der Waals surface area contributed by atoms with Crippen molar-refractivity contribution < 1.29 is 13.2 Å². The van der Waals surface area contributed by atoms with Gasteiger partial charge in [0.2, 0.25) is 5.95 Å². The number of carbonyl (C=O) groups excluding carboxylic acids is 1. The molecule has 11 heteroatoms. The topological polar surface area (TPSA) is 141 Å². The number of nitrogens with one attached hydrogen (secondary N) is 3. The summed E-state index contributed by atoms with van der Waals surface area (Å²) in [7, 11) is -3.21. The van der Waals surface area contributed by atoms with Crippen LogP contribution in [0.4, 0.5) is 10.7 Å². The number of carbonyl (C=O) groups is 1. The molecule has 2 saturated heterocycles. The molecule has 3 N–H and O–H groups in total. The Hall–Kier alpha value is -2.43. The molecule has 2 amide bonds. The number of hydrogen-bond acceptors (Lipinski definition) is 6. The Morgan fingerprint density at radius 2 is 2.10 bits per heavy atom. The van der Waals surface area contributed by atoms with Gasteiger partial charge >= 0.3 is 6.03 Å². The highest BCUT2D eigenvalue weighted by molar-refractivity contribution is 7.91. The van der Waals surface area contributed by atoms with Gasteiger partial charge < -0.3 is 10.3 Å². The van der Waals surface area contributed by atoms with E-state index in [0.29, 0.717) is 0 Å². The molecule has 0 aliphatic carbocycles. The predicted octanol–water partition coefficient (Wildman–Crippen LogP) is -1.66. The molecule has 110 valence electrons. The molecule has 4 rings (SSSR count). The van der Waals surface area contributed by atoms with Crippen molar-refractivity contribution in [1.29, 1.82) is 0 Å². The summed E-state index contributed by atoms with van der Waals surface area (Å²) >= 11 is 0. The molecule has 2 aromatic heterocycles. The van der Waals surface area contributed by atoms with Crippen LogP contribution in [0, 0.1) is 0 Å². The normalized spacial score (nSPS) is 27.0. The number of urea groups is 1. The van der Waals surface area contributed by atoms with Crippen LogP contribution in [0.5, 0.6) is 0 Å². The minimum Gasteiger partial charge on any atom is -0.339 e. The van der Waals surface area contributed by atoms with Crippen LogP contribution in [0.3, 0.4) is 0 Å². The summed E-state index contributed by atoms with van der Waals surface area (Å²) in [5.74, 6) is -0.255. The highest BCUT2D eigenvalue weighted by Gasteiger charge is 2.50. The summed E-state index contributed by atoms with van der Waals surface area (Å²) in [4.78, 5) is 38.2. The first-order valence-electron chi connectivity index (χ1n) is 6.18. The molecule has 2 aliphatic rings. The summed E-state index contributed by atoms with van der Waals surface area (Å²) in [6.07, 6.45) is 1.32. The van der Waals surface area contributed by atoms with Crippen LogP contribution in [-0.2, 0) is 9.84 Å². The Kier molecular flexibility index (Phi) is 2.24. The van der Waals surface area contributed by atoms with Crippen molar-refractivity contribution in [3.8, 4) is 0 Å². The third-order valence-corrected chi connectivity index (χ3v) is 5.41. The zero-order valence-electron chi connectivity index (χ0n) is 10.5. The Morgan fingerprint density at radius 1 is 1.29 bits per heavy atom. The lowest BCUT2D eigenvalue weighted by molar-refractivity contribution is 0.250. The molecule has 10 nitrogen and oxygen atoms in total. The van der Waals surface area contributed by atoms with E-state index in [1.165, 1.54) is 11.2 Å². The largest absolute Gasteiger partial charge is 0.339 e. The van der Waals surface area contributed by atoms with Gasteiger partial charge in [0.05, 0.1) is 29.9 Å². The molecule has 0 aromatic carbocycles. The van der Waals surface area contributed by atoms with E-state index in [0.717, 1.165) is 0 Å².